The van der Waals surface area contributed by atoms with Gasteiger partial charge in [0, 0.05) is 10.5 Å². The van der Waals surface area contributed by atoms with Gasteiger partial charge in [0.05, 0.1) is 6.61 Å². The summed E-state index contributed by atoms with van der Waals surface area (Å²) >= 11 is 3.41. The molecule has 0 aliphatic rings. The SMILES string of the molecule is CCOC(=O)C(CC)NC(C)c1ccc(Br)cc1. The van der Waals surface area contributed by atoms with E-state index in [1.807, 2.05) is 45.0 Å². The van der Waals surface area contributed by atoms with Gasteiger partial charge in [0.1, 0.15) is 6.04 Å². The lowest BCUT2D eigenvalue weighted by atomic mass is 10.1. The number of carbonyl (C=O) groups excluding carboxylic acids is 1. The highest BCUT2D eigenvalue weighted by molar-refractivity contribution is 9.10. The third-order valence-electron chi connectivity index (χ3n) is 2.80. The maximum absolute atomic E-state index is 11.7. The molecule has 1 rings (SSSR count). The number of esters is 1. The van der Waals surface area contributed by atoms with E-state index in [1.54, 1.807) is 0 Å². The fourth-order valence-corrected chi connectivity index (χ4v) is 2.01. The van der Waals surface area contributed by atoms with Gasteiger partial charge < -0.3 is 4.74 Å². The molecule has 1 N–H and O–H groups in total. The quantitative estimate of drug-likeness (QED) is 0.818. The largest absolute Gasteiger partial charge is 0.465 e. The minimum absolute atomic E-state index is 0.118. The number of benzene rings is 1. The molecule has 3 nitrogen and oxygen atoms in total. The Kier molecular flexibility index (Phi) is 6.36. The van der Waals surface area contributed by atoms with Crippen LogP contribution in [-0.2, 0) is 9.53 Å². The number of carbonyl (C=O) groups is 1. The number of hydrogen-bond acceptors (Lipinski definition) is 3. The number of rotatable bonds is 6. The summed E-state index contributed by atoms with van der Waals surface area (Å²) in [7, 11) is 0. The molecule has 0 amide bonds. The summed E-state index contributed by atoms with van der Waals surface area (Å²) in [6.07, 6.45) is 0.722. The van der Waals surface area contributed by atoms with Gasteiger partial charge in [0.2, 0.25) is 0 Å². The first-order chi connectivity index (χ1) is 8.58. The highest BCUT2D eigenvalue weighted by Gasteiger charge is 2.20. The van der Waals surface area contributed by atoms with Crippen LogP contribution in [0.5, 0.6) is 0 Å². The Hall–Kier alpha value is -0.870. The van der Waals surface area contributed by atoms with Gasteiger partial charge in [0.15, 0.2) is 0 Å². The van der Waals surface area contributed by atoms with Crippen molar-refractivity contribution in [2.24, 2.45) is 0 Å². The van der Waals surface area contributed by atoms with E-state index in [1.165, 1.54) is 0 Å². The smallest absolute Gasteiger partial charge is 0.323 e. The van der Waals surface area contributed by atoms with Gasteiger partial charge in [-0.1, -0.05) is 35.0 Å². The van der Waals surface area contributed by atoms with Crippen LogP contribution in [0.1, 0.15) is 38.8 Å². The monoisotopic (exact) mass is 313 g/mol. The zero-order valence-electron chi connectivity index (χ0n) is 11.1. The molecular formula is C14H20BrNO2. The van der Waals surface area contributed by atoms with Crippen molar-refractivity contribution in [2.45, 2.75) is 39.3 Å². The molecule has 0 bridgehead atoms. The summed E-state index contributed by atoms with van der Waals surface area (Å²) in [4.78, 5) is 11.7. The molecule has 0 saturated carbocycles. The molecule has 0 heterocycles. The second-order valence-electron chi connectivity index (χ2n) is 4.15. The van der Waals surface area contributed by atoms with Gasteiger partial charge in [-0.25, -0.2) is 0 Å². The standard InChI is InChI=1S/C14H20BrNO2/c1-4-13(14(17)18-5-2)16-10(3)11-6-8-12(15)9-7-11/h6-10,13,16H,4-5H2,1-3H3. The molecule has 0 aliphatic heterocycles. The van der Waals surface area contributed by atoms with Crippen molar-refractivity contribution in [1.29, 1.82) is 0 Å². The van der Waals surface area contributed by atoms with Gasteiger partial charge in [-0.3, -0.25) is 10.1 Å². The Morgan fingerprint density at radius 2 is 1.94 bits per heavy atom. The third-order valence-corrected chi connectivity index (χ3v) is 3.33. The molecule has 0 aromatic heterocycles. The first kappa shape index (κ1) is 15.2. The predicted molar refractivity (Wildman–Crippen MR) is 76.4 cm³/mol. The zero-order valence-corrected chi connectivity index (χ0v) is 12.7. The van der Waals surface area contributed by atoms with Crippen LogP contribution in [0.4, 0.5) is 0 Å². The highest BCUT2D eigenvalue weighted by atomic mass is 79.9. The molecular weight excluding hydrogens is 294 g/mol. The van der Waals surface area contributed by atoms with E-state index < -0.39 is 0 Å². The molecule has 0 radical (unpaired) electrons. The van der Waals surface area contributed by atoms with Crippen LogP contribution in [0.25, 0.3) is 0 Å². The van der Waals surface area contributed by atoms with Crippen molar-refractivity contribution < 1.29 is 9.53 Å². The molecule has 18 heavy (non-hydrogen) atoms. The fourth-order valence-electron chi connectivity index (χ4n) is 1.74. The second-order valence-corrected chi connectivity index (χ2v) is 5.07. The molecule has 4 heteroatoms. The molecule has 2 unspecified atom stereocenters. The van der Waals surface area contributed by atoms with Crippen molar-refractivity contribution in [3.05, 3.63) is 34.3 Å². The number of nitrogens with one attached hydrogen (secondary N) is 1. The van der Waals surface area contributed by atoms with E-state index in [-0.39, 0.29) is 18.1 Å². The number of ether oxygens (including phenoxy) is 1. The van der Waals surface area contributed by atoms with Gasteiger partial charge in [-0.15, -0.1) is 0 Å². The molecule has 100 valence electrons. The van der Waals surface area contributed by atoms with E-state index >= 15 is 0 Å². The van der Waals surface area contributed by atoms with Crippen LogP contribution in [0.3, 0.4) is 0 Å². The highest BCUT2D eigenvalue weighted by Crippen LogP contribution is 2.17. The number of hydrogen-bond donors (Lipinski definition) is 1. The molecule has 0 saturated heterocycles. The Balaban J connectivity index is 2.64. The van der Waals surface area contributed by atoms with Gasteiger partial charge in [-0.05, 0) is 38.0 Å². The van der Waals surface area contributed by atoms with E-state index in [0.29, 0.717) is 6.61 Å². The Bertz CT molecular complexity index is 378. The van der Waals surface area contributed by atoms with Gasteiger partial charge >= 0.3 is 5.97 Å². The number of halogens is 1. The van der Waals surface area contributed by atoms with E-state index in [4.69, 9.17) is 4.74 Å². The third kappa shape index (κ3) is 4.42. The van der Waals surface area contributed by atoms with Gasteiger partial charge in [-0.2, -0.15) is 0 Å². The van der Waals surface area contributed by atoms with Crippen LogP contribution < -0.4 is 5.32 Å². The van der Waals surface area contributed by atoms with Crippen molar-refractivity contribution in [1.82, 2.24) is 5.32 Å². The molecule has 0 spiro atoms. The fraction of sp³-hybridized carbons (Fsp3) is 0.500. The molecule has 0 fully saturated rings. The van der Waals surface area contributed by atoms with Crippen molar-refractivity contribution in [3.8, 4) is 0 Å². The molecule has 0 aliphatic carbocycles. The summed E-state index contributed by atoms with van der Waals surface area (Å²) in [5, 5.41) is 3.30. The van der Waals surface area contributed by atoms with E-state index in [9.17, 15) is 4.79 Å². The Morgan fingerprint density at radius 3 is 2.44 bits per heavy atom. The first-order valence-corrected chi connectivity index (χ1v) is 7.05. The zero-order chi connectivity index (χ0) is 13.5. The van der Waals surface area contributed by atoms with Crippen LogP contribution in [0.15, 0.2) is 28.7 Å². The lowest BCUT2D eigenvalue weighted by Crippen LogP contribution is -2.39. The Labute approximate surface area is 117 Å². The molecule has 1 aromatic rings. The Morgan fingerprint density at radius 1 is 1.33 bits per heavy atom. The maximum Gasteiger partial charge on any atom is 0.323 e. The summed E-state index contributed by atoms with van der Waals surface area (Å²) in [6.45, 7) is 6.26. The first-order valence-electron chi connectivity index (χ1n) is 6.26. The predicted octanol–water partition coefficient (Wildman–Crippen LogP) is 3.44. The van der Waals surface area contributed by atoms with Crippen LogP contribution in [-0.4, -0.2) is 18.6 Å². The second kappa shape index (κ2) is 7.54. The van der Waals surface area contributed by atoms with Crippen LogP contribution in [0.2, 0.25) is 0 Å². The van der Waals surface area contributed by atoms with Gasteiger partial charge in [0.25, 0.3) is 0 Å². The maximum atomic E-state index is 11.7. The topological polar surface area (TPSA) is 38.3 Å². The minimum atomic E-state index is -0.247. The van der Waals surface area contributed by atoms with Crippen molar-refractivity contribution in [2.75, 3.05) is 6.61 Å². The van der Waals surface area contributed by atoms with Crippen molar-refractivity contribution >= 4 is 21.9 Å². The minimum Gasteiger partial charge on any atom is -0.465 e. The lowest BCUT2D eigenvalue weighted by Gasteiger charge is -2.21. The van der Waals surface area contributed by atoms with E-state index in [2.05, 4.69) is 21.2 Å². The van der Waals surface area contributed by atoms with Crippen LogP contribution >= 0.6 is 15.9 Å². The van der Waals surface area contributed by atoms with Crippen LogP contribution in [0, 0.1) is 0 Å². The summed E-state index contributed by atoms with van der Waals surface area (Å²) in [5.74, 6) is -0.177. The summed E-state index contributed by atoms with van der Waals surface area (Å²) < 4.78 is 6.09. The van der Waals surface area contributed by atoms with Crippen molar-refractivity contribution in [3.63, 3.8) is 0 Å². The average Bonchev–Trinajstić information content (AvgIpc) is 2.36. The normalized spacial score (nSPS) is 14.0. The summed E-state index contributed by atoms with van der Waals surface area (Å²) in [5.41, 5.74) is 1.15. The average molecular weight is 314 g/mol. The molecule has 1 aromatic carbocycles. The lowest BCUT2D eigenvalue weighted by molar-refractivity contribution is -0.145. The van der Waals surface area contributed by atoms with E-state index in [0.717, 1.165) is 16.5 Å². The molecule has 2 atom stereocenters. The summed E-state index contributed by atoms with van der Waals surface area (Å²) in [6, 6.07) is 7.95.